The van der Waals surface area contributed by atoms with Crippen LogP contribution in [0.3, 0.4) is 0 Å². The van der Waals surface area contributed by atoms with Crippen LogP contribution < -0.4 is 0 Å². The molecule has 0 atom stereocenters. The van der Waals surface area contributed by atoms with Crippen LogP contribution in [0.5, 0.6) is 0 Å². The molecule has 0 aliphatic heterocycles. The minimum absolute atomic E-state index is 0.210. The van der Waals surface area contributed by atoms with Crippen molar-refractivity contribution in [3.8, 4) is 0 Å². The van der Waals surface area contributed by atoms with Crippen LogP contribution in [0.2, 0.25) is 0 Å². The predicted molar refractivity (Wildman–Crippen MR) is 56.2 cm³/mol. The standard InChI is InChI=1S/C4H11O5P.C4H6O2/c1-2-3-4-8-9-10(5,6)7;1-3-4(5)6-2/h2-4H2,1H3,(H2,5,6,7);3H,1H2,2H3. The van der Waals surface area contributed by atoms with Gasteiger partial charge in [0.15, 0.2) is 0 Å². The number of unbranched alkanes of at least 4 members (excludes halogenated alkanes) is 1. The number of carbonyl (C=O) groups excluding carboxylic acids is 1. The Bertz CT molecular complexity index is 235. The normalized spacial score (nSPS) is 10.0. The van der Waals surface area contributed by atoms with E-state index in [1.807, 2.05) is 6.92 Å². The third kappa shape index (κ3) is 18.9. The quantitative estimate of drug-likeness (QED) is 0.184. The predicted octanol–water partition coefficient (Wildman–Crippen LogP) is 1.17. The summed E-state index contributed by atoms with van der Waals surface area (Å²) < 4.78 is 17.8. The molecule has 2 N–H and O–H groups in total. The van der Waals surface area contributed by atoms with E-state index in [0.717, 1.165) is 18.9 Å². The molecule has 0 aliphatic carbocycles. The van der Waals surface area contributed by atoms with E-state index in [9.17, 15) is 9.36 Å². The second-order valence-electron chi connectivity index (χ2n) is 2.47. The highest BCUT2D eigenvalue weighted by Crippen LogP contribution is 2.35. The van der Waals surface area contributed by atoms with Gasteiger partial charge in [0.1, 0.15) is 0 Å². The number of phosphoric acid groups is 1. The van der Waals surface area contributed by atoms with Gasteiger partial charge >= 0.3 is 13.8 Å². The minimum atomic E-state index is -4.43. The van der Waals surface area contributed by atoms with Crippen LogP contribution in [-0.2, 0) is 23.7 Å². The molecule has 16 heavy (non-hydrogen) atoms. The van der Waals surface area contributed by atoms with Crippen molar-refractivity contribution in [2.45, 2.75) is 19.8 Å². The van der Waals surface area contributed by atoms with Crippen LogP contribution in [0, 0.1) is 0 Å². The van der Waals surface area contributed by atoms with Crippen molar-refractivity contribution in [2.75, 3.05) is 13.7 Å². The molecule has 0 saturated carbocycles. The number of esters is 1. The fourth-order valence-corrected chi connectivity index (χ4v) is 0.604. The van der Waals surface area contributed by atoms with E-state index in [1.54, 1.807) is 0 Å². The molecule has 0 aromatic carbocycles. The summed E-state index contributed by atoms with van der Waals surface area (Å²) in [7, 11) is -3.12. The number of hydrogen-bond donors (Lipinski definition) is 2. The molecular formula is C8H17O7P. The summed E-state index contributed by atoms with van der Waals surface area (Å²) in [6.07, 6.45) is 2.73. The Morgan fingerprint density at radius 1 is 1.50 bits per heavy atom. The second kappa shape index (κ2) is 10.8. The van der Waals surface area contributed by atoms with Crippen LogP contribution in [0.1, 0.15) is 19.8 Å². The van der Waals surface area contributed by atoms with E-state index in [1.165, 1.54) is 7.11 Å². The molecule has 0 unspecified atom stereocenters. The van der Waals surface area contributed by atoms with E-state index in [0.29, 0.717) is 0 Å². The highest BCUT2D eigenvalue weighted by molar-refractivity contribution is 7.46. The van der Waals surface area contributed by atoms with E-state index < -0.39 is 13.8 Å². The molecule has 0 spiro atoms. The summed E-state index contributed by atoms with van der Waals surface area (Å²) in [5.41, 5.74) is 0. The minimum Gasteiger partial charge on any atom is -0.466 e. The van der Waals surface area contributed by atoms with Gasteiger partial charge in [0.05, 0.1) is 13.7 Å². The van der Waals surface area contributed by atoms with Gasteiger partial charge in [-0.2, -0.15) is 0 Å². The third-order valence-corrected chi connectivity index (χ3v) is 1.40. The lowest BCUT2D eigenvalue weighted by molar-refractivity contribution is -0.222. The Labute approximate surface area is 94.2 Å². The summed E-state index contributed by atoms with van der Waals surface area (Å²) >= 11 is 0. The Morgan fingerprint density at radius 3 is 2.31 bits per heavy atom. The SMILES string of the molecule is C=CC(=O)OC.CCCCOOP(=O)(O)O. The summed E-state index contributed by atoms with van der Waals surface area (Å²) in [5.74, 6) is -0.394. The first-order chi connectivity index (χ1) is 7.37. The molecule has 7 nitrogen and oxygen atoms in total. The molecule has 8 heteroatoms. The first kappa shape index (κ1) is 17.7. The molecule has 0 aromatic heterocycles. The van der Waals surface area contributed by atoms with E-state index in [-0.39, 0.29) is 6.61 Å². The van der Waals surface area contributed by atoms with Gasteiger partial charge in [0.2, 0.25) is 0 Å². The lowest BCUT2D eigenvalue weighted by Gasteiger charge is -2.02. The van der Waals surface area contributed by atoms with Gasteiger partial charge in [0.25, 0.3) is 0 Å². The smallest absolute Gasteiger partial charge is 0.466 e. The van der Waals surface area contributed by atoms with Gasteiger partial charge in [-0.05, 0) is 6.42 Å². The zero-order valence-corrected chi connectivity index (χ0v) is 10.2. The van der Waals surface area contributed by atoms with Crippen molar-refractivity contribution < 1.29 is 33.4 Å². The Hall–Kier alpha value is -0.720. The fraction of sp³-hybridized carbons (Fsp3) is 0.625. The molecule has 0 saturated heterocycles. The van der Waals surface area contributed by atoms with Gasteiger partial charge in [-0.1, -0.05) is 19.9 Å². The van der Waals surface area contributed by atoms with Crippen molar-refractivity contribution in [1.82, 2.24) is 0 Å². The van der Waals surface area contributed by atoms with Crippen LogP contribution >= 0.6 is 7.82 Å². The fourth-order valence-electron chi connectivity index (χ4n) is 0.393. The molecular weight excluding hydrogens is 239 g/mol. The zero-order chi connectivity index (χ0) is 13.0. The highest BCUT2D eigenvalue weighted by atomic mass is 31.2. The summed E-state index contributed by atoms with van der Waals surface area (Å²) in [6.45, 7) is 5.30. The molecule has 0 aromatic rings. The first-order valence-corrected chi connectivity index (χ1v) is 5.97. The number of hydrogen-bond acceptors (Lipinski definition) is 5. The molecule has 0 amide bonds. The molecule has 0 heterocycles. The summed E-state index contributed by atoms with van der Waals surface area (Å²) in [6, 6.07) is 0. The molecule has 0 aliphatic rings. The zero-order valence-electron chi connectivity index (χ0n) is 9.29. The highest BCUT2D eigenvalue weighted by Gasteiger charge is 2.14. The lowest BCUT2D eigenvalue weighted by Crippen LogP contribution is -1.93. The molecule has 0 radical (unpaired) electrons. The average Bonchev–Trinajstić information content (AvgIpc) is 2.23. The number of ether oxygens (including phenoxy) is 1. The number of methoxy groups -OCH3 is 1. The number of rotatable bonds is 6. The first-order valence-electron chi connectivity index (χ1n) is 4.44. The maximum atomic E-state index is 9.94. The topological polar surface area (TPSA) is 102 Å². The largest absolute Gasteiger partial charge is 0.496 e. The Kier molecular flexibility index (Phi) is 11.9. The molecule has 0 bridgehead atoms. The second-order valence-corrected chi connectivity index (χ2v) is 3.60. The van der Waals surface area contributed by atoms with Crippen LogP contribution in [0.25, 0.3) is 0 Å². The van der Waals surface area contributed by atoms with E-state index in [4.69, 9.17) is 9.79 Å². The van der Waals surface area contributed by atoms with Crippen molar-refractivity contribution in [3.63, 3.8) is 0 Å². The van der Waals surface area contributed by atoms with Crippen LogP contribution in [0.15, 0.2) is 12.7 Å². The maximum absolute atomic E-state index is 9.94. The monoisotopic (exact) mass is 256 g/mol. The van der Waals surface area contributed by atoms with Gasteiger partial charge < -0.3 is 14.5 Å². The lowest BCUT2D eigenvalue weighted by atomic mass is 10.4. The Morgan fingerprint density at radius 2 is 2.06 bits per heavy atom. The summed E-state index contributed by atoms with van der Waals surface area (Å²) in [5, 5.41) is 0. The Balaban J connectivity index is 0. The van der Waals surface area contributed by atoms with Crippen molar-refractivity contribution in [3.05, 3.63) is 12.7 Å². The summed E-state index contributed by atoms with van der Waals surface area (Å²) in [4.78, 5) is 30.2. The van der Waals surface area contributed by atoms with Gasteiger partial charge in [-0.3, -0.25) is 0 Å². The van der Waals surface area contributed by atoms with Gasteiger partial charge in [-0.25, -0.2) is 14.2 Å². The molecule has 0 fully saturated rings. The number of carbonyl (C=O) groups is 1. The average molecular weight is 256 g/mol. The molecule has 96 valence electrons. The molecule has 0 rings (SSSR count). The van der Waals surface area contributed by atoms with Crippen molar-refractivity contribution in [2.24, 2.45) is 0 Å². The van der Waals surface area contributed by atoms with E-state index >= 15 is 0 Å². The third-order valence-electron chi connectivity index (χ3n) is 1.10. The van der Waals surface area contributed by atoms with E-state index in [2.05, 4.69) is 20.9 Å². The van der Waals surface area contributed by atoms with Crippen LogP contribution in [0.4, 0.5) is 0 Å². The van der Waals surface area contributed by atoms with Crippen molar-refractivity contribution in [1.29, 1.82) is 0 Å². The van der Waals surface area contributed by atoms with Gasteiger partial charge in [-0.15, -0.1) is 4.67 Å². The van der Waals surface area contributed by atoms with Crippen LogP contribution in [-0.4, -0.2) is 29.5 Å². The maximum Gasteiger partial charge on any atom is 0.496 e. The van der Waals surface area contributed by atoms with Gasteiger partial charge in [0, 0.05) is 6.08 Å². The van der Waals surface area contributed by atoms with Crippen molar-refractivity contribution >= 4 is 13.8 Å².